The topological polar surface area (TPSA) is 83.4 Å². The van der Waals surface area contributed by atoms with E-state index in [1.165, 1.54) is 11.1 Å². The van der Waals surface area contributed by atoms with E-state index in [-0.39, 0.29) is 6.54 Å². The molecule has 1 N–H and O–H groups in total. The van der Waals surface area contributed by atoms with Crippen molar-refractivity contribution in [3.63, 3.8) is 0 Å². The molecule has 1 aromatic heterocycles. The van der Waals surface area contributed by atoms with Crippen molar-refractivity contribution in [3.05, 3.63) is 58.1 Å². The van der Waals surface area contributed by atoms with Gasteiger partial charge in [-0.3, -0.25) is 9.59 Å². The van der Waals surface area contributed by atoms with Gasteiger partial charge in [0.05, 0.1) is 11.3 Å². The largest absolute Gasteiger partial charge is 0.480 e. The third-order valence-electron chi connectivity index (χ3n) is 3.23. The quantitative estimate of drug-likeness (QED) is 0.908. The first-order valence-electron chi connectivity index (χ1n) is 6.92. The molecule has 0 bridgehead atoms. The van der Waals surface area contributed by atoms with E-state index in [4.69, 9.17) is 16.7 Å². The van der Waals surface area contributed by atoms with E-state index in [0.29, 0.717) is 22.1 Å². The molecule has 1 aromatic carbocycles. The number of benzene rings is 1. The Balaban J connectivity index is 2.28. The summed E-state index contributed by atoms with van der Waals surface area (Å²) in [6, 6.07) is 6.90. The lowest BCUT2D eigenvalue weighted by molar-refractivity contribution is -0.137. The molecule has 1 heterocycles. The molecule has 2 rings (SSSR count). The molecule has 0 radical (unpaired) electrons. The van der Waals surface area contributed by atoms with Crippen LogP contribution in [-0.2, 0) is 11.3 Å². The zero-order valence-electron chi connectivity index (χ0n) is 12.8. The second-order valence-corrected chi connectivity index (χ2v) is 5.53. The van der Waals surface area contributed by atoms with Gasteiger partial charge in [-0.2, -0.15) is 0 Å². The lowest BCUT2D eigenvalue weighted by Gasteiger charge is -2.21. The van der Waals surface area contributed by atoms with E-state index in [0.717, 1.165) is 5.56 Å². The van der Waals surface area contributed by atoms with Gasteiger partial charge in [-0.15, -0.1) is 0 Å². The molecule has 0 aliphatic heterocycles. The van der Waals surface area contributed by atoms with E-state index in [2.05, 4.69) is 9.97 Å². The minimum absolute atomic E-state index is 0.162. The van der Waals surface area contributed by atoms with Crippen LogP contribution in [0.15, 0.2) is 30.5 Å². The monoisotopic (exact) mass is 333 g/mol. The molecular weight excluding hydrogens is 318 g/mol. The number of carbonyl (C=O) groups excluding carboxylic acids is 1. The van der Waals surface area contributed by atoms with E-state index >= 15 is 0 Å². The van der Waals surface area contributed by atoms with Crippen LogP contribution in [0, 0.1) is 13.8 Å². The average Bonchev–Trinajstić information content (AvgIpc) is 2.48. The highest BCUT2D eigenvalue weighted by Gasteiger charge is 2.21. The number of aryl methyl sites for hydroxylation is 2. The van der Waals surface area contributed by atoms with Crippen LogP contribution >= 0.6 is 11.6 Å². The van der Waals surface area contributed by atoms with Crippen LogP contribution in [0.1, 0.15) is 27.4 Å². The van der Waals surface area contributed by atoms with Gasteiger partial charge in [0.25, 0.3) is 5.91 Å². The molecule has 120 valence electrons. The van der Waals surface area contributed by atoms with Crippen molar-refractivity contribution in [2.45, 2.75) is 20.4 Å². The van der Waals surface area contributed by atoms with Crippen LogP contribution in [0.4, 0.5) is 0 Å². The smallest absolute Gasteiger partial charge is 0.323 e. The van der Waals surface area contributed by atoms with E-state index < -0.39 is 18.4 Å². The van der Waals surface area contributed by atoms with Crippen molar-refractivity contribution in [1.82, 2.24) is 14.9 Å². The first kappa shape index (κ1) is 16.9. The number of hydrogen-bond donors (Lipinski definition) is 1. The molecule has 2 aromatic rings. The Hall–Kier alpha value is -2.47. The predicted molar refractivity (Wildman–Crippen MR) is 85.3 cm³/mol. The van der Waals surface area contributed by atoms with Gasteiger partial charge in [-0.1, -0.05) is 23.7 Å². The number of nitrogens with zero attached hydrogens (tertiary/aromatic N) is 3. The van der Waals surface area contributed by atoms with E-state index in [1.807, 2.05) is 0 Å². The Morgan fingerprint density at radius 2 is 1.87 bits per heavy atom. The number of aliphatic carboxylic acids is 1. The molecule has 0 aliphatic carbocycles. The minimum Gasteiger partial charge on any atom is -0.480 e. The third-order valence-corrected chi connectivity index (χ3v) is 3.48. The maximum absolute atomic E-state index is 12.6. The van der Waals surface area contributed by atoms with E-state index in [9.17, 15) is 9.59 Å². The fraction of sp³-hybridized carbons (Fsp3) is 0.250. The molecule has 0 aliphatic rings. The Kier molecular flexibility index (Phi) is 5.28. The van der Waals surface area contributed by atoms with Gasteiger partial charge in [0.2, 0.25) is 0 Å². The fourth-order valence-electron chi connectivity index (χ4n) is 2.14. The summed E-state index contributed by atoms with van der Waals surface area (Å²) in [7, 11) is 0. The Morgan fingerprint density at radius 3 is 2.43 bits per heavy atom. The summed E-state index contributed by atoms with van der Waals surface area (Å²) in [5.74, 6) is -0.945. The standard InChI is InChI=1S/C16H16ClN3O3/c1-10-14(7-18-11(2)19-10)16(23)20(9-15(21)22)8-12-3-5-13(17)6-4-12/h3-7H,8-9H2,1-2H3,(H,21,22). The van der Waals surface area contributed by atoms with Crippen molar-refractivity contribution in [1.29, 1.82) is 0 Å². The second-order valence-electron chi connectivity index (χ2n) is 5.10. The van der Waals surface area contributed by atoms with Gasteiger partial charge in [0, 0.05) is 17.8 Å². The van der Waals surface area contributed by atoms with Gasteiger partial charge in [-0.25, -0.2) is 9.97 Å². The number of carbonyl (C=O) groups is 2. The lowest BCUT2D eigenvalue weighted by Crippen LogP contribution is -2.35. The molecule has 0 spiro atoms. The van der Waals surface area contributed by atoms with Crippen LogP contribution in [0.2, 0.25) is 5.02 Å². The number of carboxylic acid groups (broad SMARTS) is 1. The first-order valence-corrected chi connectivity index (χ1v) is 7.30. The van der Waals surface area contributed by atoms with Gasteiger partial charge in [0.1, 0.15) is 12.4 Å². The average molecular weight is 334 g/mol. The molecule has 6 nitrogen and oxygen atoms in total. The molecule has 0 saturated carbocycles. The number of amides is 1. The Bertz CT molecular complexity index is 732. The number of halogens is 1. The lowest BCUT2D eigenvalue weighted by atomic mass is 10.1. The number of aromatic nitrogens is 2. The summed E-state index contributed by atoms with van der Waals surface area (Å²) < 4.78 is 0. The zero-order valence-corrected chi connectivity index (χ0v) is 13.5. The molecule has 0 fully saturated rings. The predicted octanol–water partition coefficient (Wildman–Crippen LogP) is 2.47. The molecule has 0 unspecified atom stereocenters. The molecule has 23 heavy (non-hydrogen) atoms. The molecule has 0 atom stereocenters. The fourth-order valence-corrected chi connectivity index (χ4v) is 2.26. The Morgan fingerprint density at radius 1 is 1.22 bits per heavy atom. The Labute approximate surface area is 138 Å². The van der Waals surface area contributed by atoms with Crippen molar-refractivity contribution in [2.24, 2.45) is 0 Å². The van der Waals surface area contributed by atoms with Crippen LogP contribution < -0.4 is 0 Å². The first-order chi connectivity index (χ1) is 10.9. The summed E-state index contributed by atoms with van der Waals surface area (Å²) in [5, 5.41) is 9.65. The van der Waals surface area contributed by atoms with Gasteiger partial charge < -0.3 is 10.0 Å². The van der Waals surface area contributed by atoms with Gasteiger partial charge in [0.15, 0.2) is 0 Å². The highest BCUT2D eigenvalue weighted by atomic mass is 35.5. The molecular formula is C16H16ClN3O3. The summed E-state index contributed by atoms with van der Waals surface area (Å²) in [6.45, 7) is 3.18. The van der Waals surface area contributed by atoms with Crippen LogP contribution in [-0.4, -0.2) is 38.4 Å². The minimum atomic E-state index is -1.09. The molecule has 7 heteroatoms. The molecule has 0 saturated heterocycles. The van der Waals surface area contributed by atoms with Gasteiger partial charge >= 0.3 is 5.97 Å². The normalized spacial score (nSPS) is 10.4. The second kappa shape index (κ2) is 7.19. The van der Waals surface area contributed by atoms with Crippen molar-refractivity contribution < 1.29 is 14.7 Å². The van der Waals surface area contributed by atoms with E-state index in [1.54, 1.807) is 38.1 Å². The number of carboxylic acids is 1. The molecule has 1 amide bonds. The zero-order chi connectivity index (χ0) is 17.0. The highest BCUT2D eigenvalue weighted by Crippen LogP contribution is 2.14. The third kappa shape index (κ3) is 4.50. The maximum Gasteiger partial charge on any atom is 0.323 e. The van der Waals surface area contributed by atoms with Crippen LogP contribution in [0.25, 0.3) is 0 Å². The van der Waals surface area contributed by atoms with Crippen molar-refractivity contribution >= 4 is 23.5 Å². The summed E-state index contributed by atoms with van der Waals surface area (Å²) >= 11 is 5.84. The van der Waals surface area contributed by atoms with Gasteiger partial charge in [-0.05, 0) is 31.5 Å². The van der Waals surface area contributed by atoms with Crippen LogP contribution in [0.3, 0.4) is 0 Å². The van der Waals surface area contributed by atoms with Crippen LogP contribution in [0.5, 0.6) is 0 Å². The van der Waals surface area contributed by atoms with Crippen molar-refractivity contribution in [3.8, 4) is 0 Å². The summed E-state index contributed by atoms with van der Waals surface area (Å²) in [5.41, 5.74) is 1.61. The summed E-state index contributed by atoms with van der Waals surface area (Å²) in [4.78, 5) is 33.1. The number of rotatable bonds is 5. The maximum atomic E-state index is 12.6. The highest BCUT2D eigenvalue weighted by molar-refractivity contribution is 6.30. The number of hydrogen-bond acceptors (Lipinski definition) is 4. The SMILES string of the molecule is Cc1ncc(C(=O)N(CC(=O)O)Cc2ccc(Cl)cc2)c(C)n1. The van der Waals surface area contributed by atoms with Crippen molar-refractivity contribution in [2.75, 3.05) is 6.54 Å². The summed E-state index contributed by atoms with van der Waals surface area (Å²) in [6.07, 6.45) is 1.43.